The van der Waals surface area contributed by atoms with Crippen LogP contribution in [-0.2, 0) is 14.4 Å². The van der Waals surface area contributed by atoms with Crippen molar-refractivity contribution >= 4 is 35.0 Å². The second-order valence-corrected chi connectivity index (χ2v) is 7.08. The Morgan fingerprint density at radius 1 is 0.828 bits per heavy atom. The summed E-state index contributed by atoms with van der Waals surface area (Å²) < 4.78 is 5.38. The van der Waals surface area contributed by atoms with Crippen LogP contribution in [-0.4, -0.2) is 24.3 Å². The minimum absolute atomic E-state index is 0.00486. The highest BCUT2D eigenvalue weighted by molar-refractivity contribution is 6.30. The first-order valence-corrected chi connectivity index (χ1v) is 9.46. The van der Waals surface area contributed by atoms with Crippen molar-refractivity contribution in [1.29, 1.82) is 0 Å². The number of hydrazine groups is 1. The Hall–Kier alpha value is -3.06. The second kappa shape index (κ2) is 10.5. The molecule has 0 spiro atoms. The largest absolute Gasteiger partial charge is 0.483 e. The van der Waals surface area contributed by atoms with Gasteiger partial charge in [0.05, 0.1) is 0 Å². The number of amides is 3. The van der Waals surface area contributed by atoms with Crippen LogP contribution in [0.5, 0.6) is 5.75 Å². The van der Waals surface area contributed by atoms with Gasteiger partial charge in [-0.3, -0.25) is 25.2 Å². The Kier molecular flexibility index (Phi) is 8.03. The molecular formula is C21H24ClN3O4. The summed E-state index contributed by atoms with van der Waals surface area (Å²) in [4.78, 5) is 35.5. The topological polar surface area (TPSA) is 96.5 Å². The van der Waals surface area contributed by atoms with Gasteiger partial charge in [-0.1, -0.05) is 17.7 Å². The van der Waals surface area contributed by atoms with E-state index in [4.69, 9.17) is 16.3 Å². The molecule has 0 radical (unpaired) electrons. The molecule has 0 aliphatic rings. The van der Waals surface area contributed by atoms with Crippen molar-refractivity contribution in [1.82, 2.24) is 10.9 Å². The molecule has 0 atom stereocenters. The molecule has 3 N–H and O–H groups in total. The average Bonchev–Trinajstić information content (AvgIpc) is 2.67. The summed E-state index contributed by atoms with van der Waals surface area (Å²) in [6.07, 6.45) is -0.0663. The van der Waals surface area contributed by atoms with E-state index in [1.807, 2.05) is 39.0 Å². The zero-order valence-electron chi connectivity index (χ0n) is 16.6. The molecule has 0 unspecified atom stereocenters. The number of halogens is 1. The third-order valence-corrected chi connectivity index (χ3v) is 4.44. The van der Waals surface area contributed by atoms with Crippen LogP contribution in [0.2, 0.25) is 5.02 Å². The van der Waals surface area contributed by atoms with Gasteiger partial charge in [-0.2, -0.15) is 0 Å². The van der Waals surface area contributed by atoms with E-state index in [1.165, 1.54) is 0 Å². The fourth-order valence-electron chi connectivity index (χ4n) is 2.43. The van der Waals surface area contributed by atoms with E-state index >= 15 is 0 Å². The highest BCUT2D eigenvalue weighted by atomic mass is 35.5. The molecule has 0 fully saturated rings. The van der Waals surface area contributed by atoms with Crippen LogP contribution in [0, 0.1) is 20.8 Å². The van der Waals surface area contributed by atoms with Crippen molar-refractivity contribution in [2.75, 3.05) is 11.9 Å². The van der Waals surface area contributed by atoms with Gasteiger partial charge in [0.25, 0.3) is 5.91 Å². The highest BCUT2D eigenvalue weighted by Gasteiger charge is 2.10. The van der Waals surface area contributed by atoms with Crippen molar-refractivity contribution in [2.24, 2.45) is 0 Å². The van der Waals surface area contributed by atoms with Gasteiger partial charge in [-0.25, -0.2) is 0 Å². The number of nitrogens with one attached hydrogen (secondary N) is 3. The van der Waals surface area contributed by atoms with Crippen molar-refractivity contribution in [3.8, 4) is 5.75 Å². The average molecular weight is 418 g/mol. The number of hydrogen-bond donors (Lipinski definition) is 3. The molecule has 0 saturated heterocycles. The smallest absolute Gasteiger partial charge is 0.276 e. The maximum absolute atomic E-state index is 12.0. The molecule has 2 rings (SSSR count). The summed E-state index contributed by atoms with van der Waals surface area (Å²) in [7, 11) is 0. The SMILES string of the molecule is Cc1ccc(NC(=O)CCC(=O)NNC(=O)COc2ccc(Cl)cc2C)cc1C. The van der Waals surface area contributed by atoms with Crippen LogP contribution in [0.1, 0.15) is 29.5 Å². The molecule has 7 nitrogen and oxygen atoms in total. The van der Waals surface area contributed by atoms with Gasteiger partial charge in [-0.15, -0.1) is 0 Å². The first kappa shape index (κ1) is 22.2. The standard InChI is InChI=1S/C21H24ClN3O4/c1-13-4-6-17(11-14(13)2)23-19(26)8-9-20(27)24-25-21(28)12-29-18-7-5-16(22)10-15(18)3/h4-7,10-11H,8-9,12H2,1-3H3,(H,23,26)(H,24,27)(H,25,28). The maximum Gasteiger partial charge on any atom is 0.276 e. The van der Waals surface area contributed by atoms with E-state index in [0.29, 0.717) is 16.5 Å². The van der Waals surface area contributed by atoms with E-state index in [0.717, 1.165) is 16.7 Å². The highest BCUT2D eigenvalue weighted by Crippen LogP contribution is 2.21. The van der Waals surface area contributed by atoms with Gasteiger partial charge >= 0.3 is 0 Å². The van der Waals surface area contributed by atoms with Crippen LogP contribution in [0.25, 0.3) is 0 Å². The van der Waals surface area contributed by atoms with Crippen LogP contribution < -0.4 is 20.9 Å². The molecule has 0 heterocycles. The van der Waals surface area contributed by atoms with Gasteiger partial charge in [0.1, 0.15) is 5.75 Å². The van der Waals surface area contributed by atoms with Gasteiger partial charge in [0, 0.05) is 23.6 Å². The molecular weight excluding hydrogens is 394 g/mol. The number of aryl methyl sites for hydroxylation is 3. The second-order valence-electron chi connectivity index (χ2n) is 6.64. The van der Waals surface area contributed by atoms with Gasteiger partial charge in [-0.05, 0) is 67.8 Å². The van der Waals surface area contributed by atoms with E-state index in [9.17, 15) is 14.4 Å². The van der Waals surface area contributed by atoms with E-state index in [2.05, 4.69) is 16.2 Å². The molecule has 0 aromatic heterocycles. The van der Waals surface area contributed by atoms with Crippen LogP contribution in [0.15, 0.2) is 36.4 Å². The number of ether oxygens (including phenoxy) is 1. The van der Waals surface area contributed by atoms with Crippen molar-refractivity contribution in [3.05, 3.63) is 58.1 Å². The number of carbonyl (C=O) groups is 3. The maximum atomic E-state index is 12.0. The predicted octanol–water partition coefficient (Wildman–Crippen LogP) is 3.21. The molecule has 0 saturated carbocycles. The fraction of sp³-hybridized carbons (Fsp3) is 0.286. The fourth-order valence-corrected chi connectivity index (χ4v) is 2.65. The summed E-state index contributed by atoms with van der Waals surface area (Å²) in [5.41, 5.74) is 8.19. The monoisotopic (exact) mass is 417 g/mol. The Morgan fingerprint density at radius 2 is 1.52 bits per heavy atom. The van der Waals surface area contributed by atoms with E-state index < -0.39 is 11.8 Å². The van der Waals surface area contributed by atoms with Gasteiger partial charge in [0.15, 0.2) is 6.61 Å². The Bertz CT molecular complexity index is 915. The van der Waals surface area contributed by atoms with Crippen molar-refractivity contribution in [3.63, 3.8) is 0 Å². The number of carbonyl (C=O) groups excluding carboxylic acids is 3. The minimum atomic E-state index is -0.521. The third-order valence-electron chi connectivity index (χ3n) is 4.21. The Morgan fingerprint density at radius 3 is 2.21 bits per heavy atom. The summed E-state index contributed by atoms with van der Waals surface area (Å²) in [5.74, 6) is -0.751. The number of anilines is 1. The summed E-state index contributed by atoms with van der Waals surface area (Å²) in [6, 6.07) is 10.6. The Balaban J connectivity index is 1.67. The summed E-state index contributed by atoms with van der Waals surface area (Å²) >= 11 is 5.86. The molecule has 3 amide bonds. The molecule has 154 valence electrons. The molecule has 29 heavy (non-hydrogen) atoms. The Labute approximate surface area is 174 Å². The lowest BCUT2D eigenvalue weighted by molar-refractivity contribution is -0.130. The first-order valence-electron chi connectivity index (χ1n) is 9.08. The van der Waals surface area contributed by atoms with E-state index in [-0.39, 0.29) is 25.4 Å². The normalized spacial score (nSPS) is 10.2. The number of hydrogen-bond acceptors (Lipinski definition) is 4. The number of rotatable bonds is 7. The first-order chi connectivity index (χ1) is 13.7. The molecule has 0 bridgehead atoms. The van der Waals surface area contributed by atoms with Gasteiger partial charge < -0.3 is 10.1 Å². The zero-order valence-corrected chi connectivity index (χ0v) is 17.4. The van der Waals surface area contributed by atoms with Crippen molar-refractivity contribution < 1.29 is 19.1 Å². The predicted molar refractivity (Wildman–Crippen MR) is 112 cm³/mol. The van der Waals surface area contributed by atoms with Crippen molar-refractivity contribution in [2.45, 2.75) is 33.6 Å². The van der Waals surface area contributed by atoms with E-state index in [1.54, 1.807) is 18.2 Å². The van der Waals surface area contributed by atoms with Crippen LogP contribution >= 0.6 is 11.6 Å². The zero-order chi connectivity index (χ0) is 21.4. The van der Waals surface area contributed by atoms with Gasteiger partial charge in [0.2, 0.25) is 11.8 Å². The minimum Gasteiger partial charge on any atom is -0.483 e. The van der Waals surface area contributed by atoms with Crippen LogP contribution in [0.3, 0.4) is 0 Å². The molecule has 2 aromatic rings. The number of benzene rings is 2. The lowest BCUT2D eigenvalue weighted by Gasteiger charge is -2.11. The molecule has 8 heteroatoms. The molecule has 0 aliphatic carbocycles. The third kappa shape index (κ3) is 7.46. The molecule has 2 aromatic carbocycles. The van der Waals surface area contributed by atoms with Crippen LogP contribution in [0.4, 0.5) is 5.69 Å². The lowest BCUT2D eigenvalue weighted by Crippen LogP contribution is -2.44. The lowest BCUT2D eigenvalue weighted by atomic mass is 10.1. The summed E-state index contributed by atoms with van der Waals surface area (Å²) in [5, 5.41) is 3.32. The molecule has 0 aliphatic heterocycles. The quantitative estimate of drug-likeness (QED) is 0.602. The summed E-state index contributed by atoms with van der Waals surface area (Å²) in [6.45, 7) is 5.49.